The van der Waals surface area contributed by atoms with E-state index in [0.717, 1.165) is 40.6 Å². The number of aliphatic hydroxyl groups excluding tert-OH is 1. The van der Waals surface area contributed by atoms with Crippen LogP contribution in [0.1, 0.15) is 76.6 Å². The number of hydrogen-bond donors (Lipinski definition) is 1. The van der Waals surface area contributed by atoms with Gasteiger partial charge in [-0.25, -0.2) is 4.98 Å². The molecule has 4 rings (SSSR count). The Kier molecular flexibility index (Phi) is 12.1. The maximum Gasteiger partial charge on any atom is 0.164 e. The maximum atomic E-state index is 11.8. The molecular formula is C38H51IrN2O2Si-. The molecule has 1 N–H and O–H groups in total. The molecule has 3 aromatic carbocycles. The smallest absolute Gasteiger partial charge is 0.164 e. The fraction of sp³-hybridized carbons (Fsp3) is 0.447. The van der Waals surface area contributed by atoms with Crippen LogP contribution in [0.3, 0.4) is 0 Å². The van der Waals surface area contributed by atoms with E-state index in [1.54, 1.807) is 11.5 Å². The normalized spacial score (nSPS) is 12.5. The standard InChI is InChI=1S/C25H27N2Si.C13H24O2.Ir/c1-15-10-16(2)12-20(11-15)23-21-9-8-19-13-17(3)25(28(5,6)7)18(4)22(19)24(21)27-14-26-23;1-7-12(3,4)10(14)9-11(15)13(5,6)8-2;/h8-11,13-14H,1-7H3;9,14H,7-8H2,1-6H3;/q-1;;/b;10-9-;. The summed E-state index contributed by atoms with van der Waals surface area (Å²) in [6.07, 6.45) is 4.69. The maximum absolute atomic E-state index is 11.8. The van der Waals surface area contributed by atoms with Crippen LogP contribution < -0.4 is 5.19 Å². The van der Waals surface area contributed by atoms with Crippen molar-refractivity contribution in [2.75, 3.05) is 0 Å². The second kappa shape index (κ2) is 14.2. The molecule has 0 saturated carbocycles. The number of carbonyl (C=O) groups excluding carboxylic acids is 1. The third kappa shape index (κ3) is 8.13. The summed E-state index contributed by atoms with van der Waals surface area (Å²) in [6, 6.07) is 14.5. The molecule has 0 unspecified atom stereocenters. The van der Waals surface area contributed by atoms with Crippen LogP contribution in [0.5, 0.6) is 0 Å². The fourth-order valence-electron chi connectivity index (χ4n) is 5.65. The van der Waals surface area contributed by atoms with E-state index in [9.17, 15) is 9.90 Å². The van der Waals surface area contributed by atoms with Gasteiger partial charge in [0.25, 0.3) is 0 Å². The van der Waals surface area contributed by atoms with Gasteiger partial charge >= 0.3 is 0 Å². The van der Waals surface area contributed by atoms with Crippen molar-refractivity contribution in [2.45, 2.75) is 102 Å². The molecule has 0 atom stereocenters. The van der Waals surface area contributed by atoms with Gasteiger partial charge in [0.05, 0.1) is 13.6 Å². The molecule has 0 aliphatic carbocycles. The Morgan fingerprint density at radius 3 is 2.09 bits per heavy atom. The van der Waals surface area contributed by atoms with Crippen molar-refractivity contribution in [1.29, 1.82) is 0 Å². The first-order valence-corrected chi connectivity index (χ1v) is 19.0. The summed E-state index contributed by atoms with van der Waals surface area (Å²) in [7, 11) is -1.47. The molecule has 1 heterocycles. The van der Waals surface area contributed by atoms with Crippen molar-refractivity contribution in [1.82, 2.24) is 9.97 Å². The van der Waals surface area contributed by atoms with Gasteiger partial charge in [-0.1, -0.05) is 104 Å². The predicted octanol–water partition coefficient (Wildman–Crippen LogP) is 9.90. The number of aryl methyl sites for hydroxylation is 4. The zero-order chi connectivity index (χ0) is 32.5. The molecule has 4 aromatic rings. The number of aromatic nitrogens is 2. The van der Waals surface area contributed by atoms with Gasteiger partial charge in [-0.3, -0.25) is 9.78 Å². The van der Waals surface area contributed by atoms with Gasteiger partial charge < -0.3 is 5.11 Å². The summed E-state index contributed by atoms with van der Waals surface area (Å²) in [5.74, 6) is 0.195. The number of hydrogen-bond acceptors (Lipinski definition) is 4. The molecule has 1 radical (unpaired) electrons. The Balaban J connectivity index is 0.000000363. The minimum absolute atomic E-state index is 0. The molecule has 0 aliphatic heterocycles. The molecule has 0 amide bonds. The number of benzene rings is 3. The fourth-order valence-corrected chi connectivity index (χ4v) is 8.15. The predicted molar refractivity (Wildman–Crippen MR) is 187 cm³/mol. The van der Waals surface area contributed by atoms with Crippen molar-refractivity contribution in [2.24, 2.45) is 10.8 Å². The van der Waals surface area contributed by atoms with Crippen LogP contribution in [0.4, 0.5) is 0 Å². The summed E-state index contributed by atoms with van der Waals surface area (Å²) in [5.41, 5.74) is 7.52. The first-order chi connectivity index (χ1) is 19.8. The van der Waals surface area contributed by atoms with Crippen LogP contribution in [0, 0.1) is 44.6 Å². The molecular weight excluding hydrogens is 737 g/mol. The van der Waals surface area contributed by atoms with E-state index in [1.807, 2.05) is 41.5 Å². The van der Waals surface area contributed by atoms with Gasteiger partial charge in [-0.15, -0.1) is 34.9 Å². The third-order valence-electron chi connectivity index (χ3n) is 8.90. The van der Waals surface area contributed by atoms with Gasteiger partial charge in [0.2, 0.25) is 0 Å². The summed E-state index contributed by atoms with van der Waals surface area (Å²) in [5, 5.41) is 15.0. The monoisotopic (exact) mass is 788 g/mol. The van der Waals surface area contributed by atoms with Gasteiger partial charge in [-0.2, -0.15) is 0 Å². The summed E-state index contributed by atoms with van der Waals surface area (Å²) in [4.78, 5) is 21.2. The van der Waals surface area contributed by atoms with E-state index < -0.39 is 8.07 Å². The minimum atomic E-state index is -1.47. The van der Waals surface area contributed by atoms with Crippen molar-refractivity contribution in [3.8, 4) is 11.3 Å². The average Bonchev–Trinajstić information content (AvgIpc) is 2.91. The third-order valence-corrected chi connectivity index (χ3v) is 11.2. The topological polar surface area (TPSA) is 63.1 Å². The Morgan fingerprint density at radius 2 is 1.55 bits per heavy atom. The molecule has 4 nitrogen and oxygen atoms in total. The molecule has 0 spiro atoms. The van der Waals surface area contributed by atoms with Crippen molar-refractivity contribution in [3.05, 3.63) is 76.8 Å². The first-order valence-electron chi connectivity index (χ1n) is 15.5. The summed E-state index contributed by atoms with van der Waals surface area (Å²) < 4.78 is 0. The van der Waals surface area contributed by atoms with Crippen LogP contribution in [-0.2, 0) is 24.9 Å². The molecule has 6 heteroatoms. The quantitative estimate of drug-likeness (QED) is 0.0667. The molecule has 239 valence electrons. The summed E-state index contributed by atoms with van der Waals surface area (Å²) in [6.45, 7) is 27.6. The molecule has 0 bridgehead atoms. The van der Waals surface area contributed by atoms with E-state index in [4.69, 9.17) is 4.98 Å². The van der Waals surface area contributed by atoms with E-state index in [1.165, 1.54) is 33.5 Å². The number of aliphatic hydroxyl groups is 1. The second-order valence-electron chi connectivity index (χ2n) is 14.3. The van der Waals surface area contributed by atoms with Gasteiger partial charge in [0, 0.05) is 42.4 Å². The van der Waals surface area contributed by atoms with Crippen molar-refractivity contribution >= 4 is 40.7 Å². The number of fused-ring (bicyclic) bond motifs is 3. The van der Waals surface area contributed by atoms with Gasteiger partial charge in [-0.05, 0) is 48.7 Å². The van der Waals surface area contributed by atoms with Crippen LogP contribution in [0.2, 0.25) is 19.6 Å². The SMILES string of the molecule is CCC(C)(C)C(=O)/C=C(\O)C(C)(C)CC.Cc1[c-]c(-c2ncnc3c2ccc2cc(C)c([Si](C)(C)C)c(C)c23)cc(C)c1.[Ir]. The number of allylic oxidation sites excluding steroid dienone is 2. The number of carbonyl (C=O) groups is 1. The number of rotatable bonds is 7. The van der Waals surface area contributed by atoms with Crippen molar-refractivity contribution < 1.29 is 30.0 Å². The Bertz CT molecular complexity index is 1680. The number of nitrogens with zero attached hydrogens (tertiary/aromatic N) is 2. The zero-order valence-electron chi connectivity index (χ0n) is 29.0. The Morgan fingerprint density at radius 1 is 0.932 bits per heavy atom. The average molecular weight is 788 g/mol. The van der Waals surface area contributed by atoms with Crippen LogP contribution in [0.15, 0.2) is 48.5 Å². The molecule has 0 saturated heterocycles. The Labute approximate surface area is 280 Å². The van der Waals surface area contributed by atoms with Crippen molar-refractivity contribution in [3.63, 3.8) is 0 Å². The molecule has 44 heavy (non-hydrogen) atoms. The Hall–Kier alpha value is -2.66. The van der Waals surface area contributed by atoms with Crippen LogP contribution >= 0.6 is 0 Å². The van der Waals surface area contributed by atoms with Crippen LogP contribution in [-0.4, -0.2) is 28.9 Å². The minimum Gasteiger partial charge on any atom is -0.512 e. The largest absolute Gasteiger partial charge is 0.512 e. The van der Waals surface area contributed by atoms with Crippen LogP contribution in [0.25, 0.3) is 32.9 Å². The van der Waals surface area contributed by atoms with Gasteiger partial charge in [0.15, 0.2) is 5.78 Å². The number of ketones is 1. The van der Waals surface area contributed by atoms with E-state index in [-0.39, 0.29) is 42.5 Å². The molecule has 1 aromatic heterocycles. The zero-order valence-corrected chi connectivity index (χ0v) is 32.4. The second-order valence-corrected chi connectivity index (χ2v) is 19.3. The van der Waals surface area contributed by atoms with E-state index >= 15 is 0 Å². The van der Waals surface area contributed by atoms with Gasteiger partial charge in [0.1, 0.15) is 12.1 Å². The molecule has 0 aliphatic rings. The molecule has 0 fully saturated rings. The van der Waals surface area contributed by atoms with E-state index in [2.05, 4.69) is 88.7 Å². The summed E-state index contributed by atoms with van der Waals surface area (Å²) >= 11 is 0. The first kappa shape index (κ1) is 37.5. The van der Waals surface area contributed by atoms with E-state index in [0.29, 0.717) is 0 Å².